The average molecular weight is 112 g/mol. The molecule has 0 spiro atoms. The van der Waals surface area contributed by atoms with Gasteiger partial charge in [0.25, 0.3) is 0 Å². The Kier molecular flexibility index (Phi) is 1.33. The molecule has 0 N–H and O–H groups in total. The van der Waals surface area contributed by atoms with Crippen molar-refractivity contribution in [2.45, 2.75) is 19.4 Å². The lowest BCUT2D eigenvalue weighted by Crippen LogP contribution is -2.17. The third kappa shape index (κ3) is 1.09. The van der Waals surface area contributed by atoms with Gasteiger partial charge >= 0.3 is 5.97 Å². The first-order valence-corrected chi connectivity index (χ1v) is 2.63. The predicted octanol–water partition coefficient (Wildman–Crippen LogP) is 0.878. The topological polar surface area (TPSA) is 26.3 Å². The van der Waals surface area contributed by atoms with Crippen molar-refractivity contribution in [2.75, 3.05) is 0 Å². The second-order valence-electron chi connectivity index (χ2n) is 1.81. The number of carbonyl (C=O) groups excluding carboxylic acids is 1. The van der Waals surface area contributed by atoms with Crippen LogP contribution in [0.3, 0.4) is 0 Å². The first-order chi connectivity index (χ1) is 3.79. The normalized spacial score (nSPS) is 24.4. The fourth-order valence-electron chi connectivity index (χ4n) is 0.548. The van der Waals surface area contributed by atoms with Gasteiger partial charge in [-0.1, -0.05) is 6.08 Å². The minimum atomic E-state index is -0.195. The Balaban J connectivity index is 2.20. The van der Waals surface area contributed by atoms with Gasteiger partial charge < -0.3 is 4.74 Å². The molecule has 0 aromatic carbocycles. The van der Waals surface area contributed by atoms with Gasteiger partial charge in [-0.05, 0) is 6.08 Å². The van der Waals surface area contributed by atoms with Gasteiger partial charge in [-0.15, -0.1) is 0 Å². The highest BCUT2D eigenvalue weighted by Crippen LogP contribution is 2.11. The fourth-order valence-corrected chi connectivity index (χ4v) is 0.548. The van der Waals surface area contributed by atoms with Crippen LogP contribution in [-0.2, 0) is 9.53 Å². The summed E-state index contributed by atoms with van der Waals surface area (Å²) in [5.74, 6) is -0.195. The molecule has 0 heterocycles. The minimum absolute atomic E-state index is 0.0764. The highest BCUT2D eigenvalue weighted by atomic mass is 16.5. The van der Waals surface area contributed by atoms with E-state index in [0.29, 0.717) is 0 Å². The first kappa shape index (κ1) is 5.35. The lowest BCUT2D eigenvalue weighted by atomic mass is 10.1. The summed E-state index contributed by atoms with van der Waals surface area (Å²) in [6.45, 7) is 1.42. The number of rotatable bonds is 1. The molecule has 0 aliphatic heterocycles. The van der Waals surface area contributed by atoms with Gasteiger partial charge in [0.15, 0.2) is 0 Å². The Morgan fingerprint density at radius 2 is 2.50 bits per heavy atom. The van der Waals surface area contributed by atoms with E-state index in [1.54, 1.807) is 0 Å². The molecule has 8 heavy (non-hydrogen) atoms. The zero-order chi connectivity index (χ0) is 5.98. The molecule has 44 valence electrons. The summed E-state index contributed by atoms with van der Waals surface area (Å²) in [5, 5.41) is 0. The van der Waals surface area contributed by atoms with Crippen LogP contribution in [0, 0.1) is 0 Å². The van der Waals surface area contributed by atoms with Crippen LogP contribution in [0.2, 0.25) is 0 Å². The molecule has 0 aromatic heterocycles. The summed E-state index contributed by atoms with van der Waals surface area (Å²) in [5.41, 5.74) is 0. The van der Waals surface area contributed by atoms with E-state index in [1.165, 1.54) is 6.92 Å². The van der Waals surface area contributed by atoms with E-state index in [0.717, 1.165) is 6.42 Å². The van der Waals surface area contributed by atoms with Crippen LogP contribution in [0.4, 0.5) is 0 Å². The maximum absolute atomic E-state index is 10.2. The molecular weight excluding hydrogens is 104 g/mol. The van der Waals surface area contributed by atoms with Gasteiger partial charge in [0.2, 0.25) is 0 Å². The van der Waals surface area contributed by atoms with Gasteiger partial charge in [-0.25, -0.2) is 0 Å². The van der Waals surface area contributed by atoms with Gasteiger partial charge in [-0.3, -0.25) is 4.79 Å². The first-order valence-electron chi connectivity index (χ1n) is 2.63. The number of ether oxygens (including phenoxy) is 1. The summed E-state index contributed by atoms with van der Waals surface area (Å²) in [4.78, 5) is 10.2. The van der Waals surface area contributed by atoms with Gasteiger partial charge in [-0.2, -0.15) is 0 Å². The summed E-state index contributed by atoms with van der Waals surface area (Å²) in [6.07, 6.45) is 4.82. The van der Waals surface area contributed by atoms with Crippen LogP contribution in [-0.4, -0.2) is 12.1 Å². The lowest BCUT2D eigenvalue weighted by molar-refractivity contribution is -0.144. The Labute approximate surface area is 48.1 Å². The van der Waals surface area contributed by atoms with Crippen molar-refractivity contribution in [2.24, 2.45) is 0 Å². The van der Waals surface area contributed by atoms with Crippen molar-refractivity contribution < 1.29 is 9.53 Å². The minimum Gasteiger partial charge on any atom is -0.458 e. The van der Waals surface area contributed by atoms with Crippen molar-refractivity contribution >= 4 is 5.97 Å². The standard InChI is InChI=1S/C6H8O2/c1-5(7)8-6-3-2-4-6/h2-3,6H,4H2,1H3. The largest absolute Gasteiger partial charge is 0.458 e. The Hall–Kier alpha value is -0.790. The predicted molar refractivity (Wildman–Crippen MR) is 29.3 cm³/mol. The molecule has 1 aliphatic rings. The van der Waals surface area contributed by atoms with E-state index in [4.69, 9.17) is 4.74 Å². The van der Waals surface area contributed by atoms with Crippen LogP contribution in [0.15, 0.2) is 12.2 Å². The number of esters is 1. The molecule has 0 amide bonds. The number of hydrogen-bond acceptors (Lipinski definition) is 2. The number of carbonyl (C=O) groups is 1. The molecule has 2 nitrogen and oxygen atoms in total. The molecule has 1 rings (SSSR count). The van der Waals surface area contributed by atoms with E-state index < -0.39 is 0 Å². The lowest BCUT2D eigenvalue weighted by Gasteiger charge is -2.16. The highest BCUT2D eigenvalue weighted by molar-refractivity contribution is 5.66. The maximum atomic E-state index is 10.2. The zero-order valence-electron chi connectivity index (χ0n) is 4.76. The van der Waals surface area contributed by atoms with Crippen LogP contribution < -0.4 is 0 Å². The summed E-state index contributed by atoms with van der Waals surface area (Å²) >= 11 is 0. The Morgan fingerprint density at radius 3 is 2.62 bits per heavy atom. The smallest absolute Gasteiger partial charge is 0.303 e. The van der Waals surface area contributed by atoms with Gasteiger partial charge in [0.05, 0.1) is 0 Å². The van der Waals surface area contributed by atoms with Crippen molar-refractivity contribution in [3.8, 4) is 0 Å². The van der Waals surface area contributed by atoms with Crippen LogP contribution >= 0.6 is 0 Å². The molecule has 2 heteroatoms. The van der Waals surface area contributed by atoms with Crippen molar-refractivity contribution in [1.29, 1.82) is 0 Å². The molecule has 0 bridgehead atoms. The average Bonchev–Trinajstić information content (AvgIpc) is 1.55. The van der Waals surface area contributed by atoms with E-state index in [9.17, 15) is 4.79 Å². The molecule has 0 radical (unpaired) electrons. The van der Waals surface area contributed by atoms with Crippen LogP contribution in [0.5, 0.6) is 0 Å². The summed E-state index contributed by atoms with van der Waals surface area (Å²) in [7, 11) is 0. The molecular formula is C6H8O2. The quantitative estimate of drug-likeness (QED) is 0.371. The zero-order valence-corrected chi connectivity index (χ0v) is 4.76. The Bertz CT molecular complexity index is 126. The molecule has 0 aromatic rings. The molecule has 1 aliphatic carbocycles. The third-order valence-corrected chi connectivity index (χ3v) is 1.04. The van der Waals surface area contributed by atoms with Crippen LogP contribution in [0.1, 0.15) is 13.3 Å². The van der Waals surface area contributed by atoms with E-state index in [-0.39, 0.29) is 12.1 Å². The van der Waals surface area contributed by atoms with Gasteiger partial charge in [0, 0.05) is 13.3 Å². The van der Waals surface area contributed by atoms with Gasteiger partial charge in [0.1, 0.15) is 6.10 Å². The second-order valence-corrected chi connectivity index (χ2v) is 1.81. The molecule has 0 saturated heterocycles. The maximum Gasteiger partial charge on any atom is 0.303 e. The van der Waals surface area contributed by atoms with E-state index in [2.05, 4.69) is 0 Å². The molecule has 1 unspecified atom stereocenters. The van der Waals surface area contributed by atoms with Crippen LogP contribution in [0.25, 0.3) is 0 Å². The third-order valence-electron chi connectivity index (χ3n) is 1.04. The Morgan fingerprint density at radius 1 is 1.88 bits per heavy atom. The second kappa shape index (κ2) is 1.99. The SMILES string of the molecule is CC(=O)OC1C=CC1. The monoisotopic (exact) mass is 112 g/mol. The summed E-state index contributed by atoms with van der Waals surface area (Å²) < 4.78 is 4.76. The highest BCUT2D eigenvalue weighted by Gasteiger charge is 2.11. The fraction of sp³-hybridized carbons (Fsp3) is 0.500. The van der Waals surface area contributed by atoms with E-state index in [1.807, 2.05) is 12.2 Å². The number of hydrogen-bond donors (Lipinski definition) is 0. The van der Waals surface area contributed by atoms with Crippen molar-refractivity contribution in [3.05, 3.63) is 12.2 Å². The van der Waals surface area contributed by atoms with E-state index >= 15 is 0 Å². The molecule has 0 fully saturated rings. The molecule has 1 atom stereocenters. The van der Waals surface area contributed by atoms with Crippen molar-refractivity contribution in [1.82, 2.24) is 0 Å². The summed E-state index contributed by atoms with van der Waals surface area (Å²) in [6, 6.07) is 0. The van der Waals surface area contributed by atoms with Crippen molar-refractivity contribution in [3.63, 3.8) is 0 Å². The molecule has 0 saturated carbocycles.